The molecule has 1 fully saturated rings. The Morgan fingerprint density at radius 3 is 2.24 bits per heavy atom. The number of urea groups is 1. The van der Waals surface area contributed by atoms with Gasteiger partial charge in [-0.1, -0.05) is 0 Å². The van der Waals surface area contributed by atoms with Gasteiger partial charge < -0.3 is 10.6 Å². The predicted molar refractivity (Wildman–Crippen MR) is 56.1 cm³/mol. The first kappa shape index (κ1) is 11.8. The van der Waals surface area contributed by atoms with Crippen molar-refractivity contribution in [1.29, 1.82) is 0 Å². The zero-order valence-electron chi connectivity index (χ0n) is 8.90. The van der Waals surface area contributed by atoms with Crippen LogP contribution in [0.2, 0.25) is 0 Å². The van der Waals surface area contributed by atoms with Gasteiger partial charge in [0.15, 0.2) is 17.5 Å². The van der Waals surface area contributed by atoms with Crippen molar-refractivity contribution in [2.45, 2.75) is 25.3 Å². The molecule has 0 spiro atoms. The molecule has 0 atom stereocenters. The Morgan fingerprint density at radius 1 is 1.18 bits per heavy atom. The van der Waals surface area contributed by atoms with Gasteiger partial charge >= 0.3 is 6.03 Å². The first-order valence-electron chi connectivity index (χ1n) is 5.28. The van der Waals surface area contributed by atoms with Crippen molar-refractivity contribution in [1.82, 2.24) is 5.32 Å². The van der Waals surface area contributed by atoms with Crippen LogP contribution in [-0.4, -0.2) is 12.1 Å². The molecule has 1 aromatic rings. The molecule has 2 N–H and O–H groups in total. The summed E-state index contributed by atoms with van der Waals surface area (Å²) in [7, 11) is 0. The molecule has 1 aliphatic carbocycles. The van der Waals surface area contributed by atoms with Gasteiger partial charge in [0.1, 0.15) is 0 Å². The highest BCUT2D eigenvalue weighted by Gasteiger charge is 2.19. The van der Waals surface area contributed by atoms with Crippen LogP contribution in [0.5, 0.6) is 0 Å². The van der Waals surface area contributed by atoms with Gasteiger partial charge in [-0.25, -0.2) is 18.0 Å². The first-order valence-corrected chi connectivity index (χ1v) is 5.28. The van der Waals surface area contributed by atoms with E-state index >= 15 is 0 Å². The lowest BCUT2D eigenvalue weighted by atomic mass is 9.93. The highest BCUT2D eigenvalue weighted by Crippen LogP contribution is 2.19. The molecule has 2 rings (SSSR count). The molecular formula is C11H11F3N2O. The van der Waals surface area contributed by atoms with Crippen molar-refractivity contribution in [2.75, 3.05) is 5.32 Å². The van der Waals surface area contributed by atoms with E-state index in [0.29, 0.717) is 0 Å². The lowest BCUT2D eigenvalue weighted by molar-refractivity contribution is 0.240. The van der Waals surface area contributed by atoms with Gasteiger partial charge in [0.25, 0.3) is 0 Å². The van der Waals surface area contributed by atoms with E-state index in [1.165, 1.54) is 0 Å². The predicted octanol–water partition coefficient (Wildman–Crippen LogP) is 2.78. The zero-order valence-corrected chi connectivity index (χ0v) is 8.90. The minimum Gasteiger partial charge on any atom is -0.335 e. The van der Waals surface area contributed by atoms with Gasteiger partial charge in [-0.15, -0.1) is 0 Å². The lowest BCUT2D eigenvalue weighted by Crippen LogP contribution is -2.41. The van der Waals surface area contributed by atoms with Gasteiger partial charge in [-0.05, 0) is 19.3 Å². The molecule has 0 heterocycles. The maximum absolute atomic E-state index is 12.8. The molecule has 92 valence electrons. The molecule has 0 radical (unpaired) electrons. The number of nitrogens with one attached hydrogen (secondary N) is 2. The lowest BCUT2D eigenvalue weighted by Gasteiger charge is -2.26. The van der Waals surface area contributed by atoms with Crippen LogP contribution in [0.4, 0.5) is 23.7 Å². The highest BCUT2D eigenvalue weighted by molar-refractivity contribution is 5.89. The van der Waals surface area contributed by atoms with Crippen LogP contribution < -0.4 is 10.6 Å². The van der Waals surface area contributed by atoms with E-state index in [1.807, 2.05) is 0 Å². The van der Waals surface area contributed by atoms with Crippen LogP contribution in [0.3, 0.4) is 0 Å². The summed E-state index contributed by atoms with van der Waals surface area (Å²) in [6, 6.07) is 1.04. The monoisotopic (exact) mass is 244 g/mol. The van der Waals surface area contributed by atoms with Crippen molar-refractivity contribution in [2.24, 2.45) is 0 Å². The second-order valence-corrected chi connectivity index (χ2v) is 3.98. The molecule has 1 aliphatic rings. The number of benzene rings is 1. The molecule has 1 aromatic carbocycles. The highest BCUT2D eigenvalue weighted by atomic mass is 19.2. The fourth-order valence-electron chi connectivity index (χ4n) is 1.53. The zero-order chi connectivity index (χ0) is 12.4. The molecular weight excluding hydrogens is 233 g/mol. The molecule has 3 nitrogen and oxygen atoms in total. The average Bonchev–Trinajstić information content (AvgIpc) is 2.20. The van der Waals surface area contributed by atoms with E-state index in [1.54, 1.807) is 0 Å². The van der Waals surface area contributed by atoms with Crippen molar-refractivity contribution in [3.05, 3.63) is 29.6 Å². The van der Waals surface area contributed by atoms with Gasteiger partial charge in [-0.2, -0.15) is 0 Å². The molecule has 2 amide bonds. The molecule has 0 saturated heterocycles. The number of carbonyl (C=O) groups excluding carboxylic acids is 1. The maximum atomic E-state index is 12.8. The van der Waals surface area contributed by atoms with E-state index in [0.717, 1.165) is 31.4 Å². The second-order valence-electron chi connectivity index (χ2n) is 3.98. The minimum atomic E-state index is -1.55. The van der Waals surface area contributed by atoms with Gasteiger partial charge in [0.2, 0.25) is 0 Å². The van der Waals surface area contributed by atoms with Crippen molar-refractivity contribution >= 4 is 11.7 Å². The SMILES string of the molecule is O=C(Nc1cc(F)c(F)c(F)c1)NC1CCC1. The summed E-state index contributed by atoms with van der Waals surface area (Å²) < 4.78 is 38.3. The van der Waals surface area contributed by atoms with Crippen molar-refractivity contribution in [3.8, 4) is 0 Å². The molecule has 0 bridgehead atoms. The number of halogens is 3. The Hall–Kier alpha value is -1.72. The smallest absolute Gasteiger partial charge is 0.319 e. The van der Waals surface area contributed by atoms with Crippen LogP contribution in [0.25, 0.3) is 0 Å². The van der Waals surface area contributed by atoms with Crippen LogP contribution in [-0.2, 0) is 0 Å². The summed E-state index contributed by atoms with van der Waals surface area (Å²) in [5.41, 5.74) is -0.113. The molecule has 17 heavy (non-hydrogen) atoms. The number of anilines is 1. The third-order valence-corrected chi connectivity index (χ3v) is 2.68. The largest absolute Gasteiger partial charge is 0.335 e. The number of amides is 2. The van der Waals surface area contributed by atoms with E-state index in [4.69, 9.17) is 0 Å². The Bertz CT molecular complexity index is 423. The second kappa shape index (κ2) is 4.65. The summed E-state index contributed by atoms with van der Waals surface area (Å²) in [5, 5.41) is 4.88. The first-order chi connectivity index (χ1) is 8.06. The van der Waals surface area contributed by atoms with Crippen LogP contribution in [0.1, 0.15) is 19.3 Å². The van der Waals surface area contributed by atoms with Gasteiger partial charge in [0, 0.05) is 23.9 Å². The summed E-state index contributed by atoms with van der Waals surface area (Å²) in [4.78, 5) is 11.4. The number of hydrogen-bond donors (Lipinski definition) is 2. The third-order valence-electron chi connectivity index (χ3n) is 2.68. The Labute approximate surface area is 96.0 Å². The van der Waals surface area contributed by atoms with Crippen LogP contribution in [0.15, 0.2) is 12.1 Å². The summed E-state index contributed by atoms with van der Waals surface area (Å²) >= 11 is 0. The Kier molecular flexibility index (Phi) is 3.21. The number of rotatable bonds is 2. The topological polar surface area (TPSA) is 41.1 Å². The van der Waals surface area contributed by atoms with Crippen molar-refractivity contribution < 1.29 is 18.0 Å². The Balaban J connectivity index is 2.00. The molecule has 0 aromatic heterocycles. The summed E-state index contributed by atoms with van der Waals surface area (Å²) in [6.07, 6.45) is 2.86. The van der Waals surface area contributed by atoms with E-state index < -0.39 is 23.5 Å². The molecule has 0 aliphatic heterocycles. The van der Waals surface area contributed by atoms with Crippen LogP contribution >= 0.6 is 0 Å². The van der Waals surface area contributed by atoms with Crippen LogP contribution in [0, 0.1) is 17.5 Å². The fourth-order valence-corrected chi connectivity index (χ4v) is 1.53. The van der Waals surface area contributed by atoms with E-state index in [2.05, 4.69) is 10.6 Å². The Morgan fingerprint density at radius 2 is 1.76 bits per heavy atom. The average molecular weight is 244 g/mol. The van der Waals surface area contributed by atoms with E-state index in [9.17, 15) is 18.0 Å². The summed E-state index contributed by atoms with van der Waals surface area (Å²) in [5.74, 6) is -4.21. The molecule has 0 unspecified atom stereocenters. The summed E-state index contributed by atoms with van der Waals surface area (Å²) in [6.45, 7) is 0. The molecule has 1 saturated carbocycles. The number of carbonyl (C=O) groups is 1. The van der Waals surface area contributed by atoms with Crippen molar-refractivity contribution in [3.63, 3.8) is 0 Å². The third kappa shape index (κ3) is 2.69. The van der Waals surface area contributed by atoms with Gasteiger partial charge in [-0.3, -0.25) is 0 Å². The molecule has 6 heteroatoms. The fraction of sp³-hybridized carbons (Fsp3) is 0.364. The normalized spacial score (nSPS) is 15.2. The minimum absolute atomic E-state index is 0.113. The number of hydrogen-bond acceptors (Lipinski definition) is 1. The standard InChI is InChI=1S/C11H11F3N2O/c12-8-4-7(5-9(13)10(8)14)16-11(17)15-6-2-1-3-6/h4-6H,1-3H2,(H2,15,16,17). The van der Waals surface area contributed by atoms with Gasteiger partial charge in [0.05, 0.1) is 0 Å². The quantitative estimate of drug-likeness (QED) is 0.772. The maximum Gasteiger partial charge on any atom is 0.319 e. The van der Waals surface area contributed by atoms with E-state index in [-0.39, 0.29) is 11.7 Å².